The van der Waals surface area contributed by atoms with E-state index in [1.165, 1.54) is 128 Å². The molecule has 348 valence electrons. The Balaban J connectivity index is 0.00000116. The van der Waals surface area contributed by atoms with E-state index in [4.69, 9.17) is 0 Å². The first-order chi connectivity index (χ1) is 28.6. The van der Waals surface area contributed by atoms with Crippen LogP contribution in [0.4, 0.5) is 0 Å². The van der Waals surface area contributed by atoms with Crippen LogP contribution in [0.15, 0.2) is 46.2 Å². The maximum Gasteiger partial charge on any atom is 2.00 e. The van der Waals surface area contributed by atoms with Gasteiger partial charge >= 0.3 is 37.7 Å². The van der Waals surface area contributed by atoms with Gasteiger partial charge in [-0.25, -0.2) is 16.8 Å². The number of benzene rings is 2. The van der Waals surface area contributed by atoms with E-state index in [-0.39, 0.29) is 71.2 Å². The summed E-state index contributed by atoms with van der Waals surface area (Å²) in [4.78, 5) is 0.143. The van der Waals surface area contributed by atoms with Gasteiger partial charge in [0.2, 0.25) is 0 Å². The molecule has 0 radical (unpaired) electrons. The summed E-state index contributed by atoms with van der Waals surface area (Å²) in [6, 6.07) is 11.3. The molecule has 6 nitrogen and oxygen atoms in total. The van der Waals surface area contributed by atoms with Crippen LogP contribution in [0.1, 0.15) is 281 Å². The molecule has 2 aromatic rings. The zero-order valence-corrected chi connectivity index (χ0v) is 44.4. The summed E-state index contributed by atoms with van der Waals surface area (Å²) >= 11 is 0. The van der Waals surface area contributed by atoms with E-state index in [1.807, 2.05) is 36.4 Å². The summed E-state index contributed by atoms with van der Waals surface area (Å²) in [7, 11) is -8.98. The average molecular weight is 915 g/mol. The molecule has 0 N–H and O–H groups in total. The number of rotatable bonds is 34. The zero-order valence-electron chi connectivity index (χ0n) is 40.5. The van der Waals surface area contributed by atoms with Crippen molar-refractivity contribution in [2.24, 2.45) is 0 Å². The Hall–Kier alpha value is -0.480. The van der Waals surface area contributed by atoms with E-state index in [0.717, 1.165) is 73.6 Å². The quantitative estimate of drug-likeness (QED) is 0.0392. The largest absolute Gasteiger partial charge is 2.00 e. The maximum absolute atomic E-state index is 12.2. The minimum Gasteiger partial charge on any atom is -0.744 e. The summed E-state index contributed by atoms with van der Waals surface area (Å²) in [5, 5.41) is 0. The third-order valence-corrected chi connectivity index (χ3v) is 14.7. The van der Waals surface area contributed by atoms with E-state index in [2.05, 4.69) is 55.4 Å². The monoisotopic (exact) mass is 915 g/mol. The van der Waals surface area contributed by atoms with Crippen LogP contribution in [0, 0.1) is 0 Å². The van der Waals surface area contributed by atoms with Gasteiger partial charge in [0.1, 0.15) is 20.2 Å². The first-order valence-electron chi connectivity index (χ1n) is 24.8. The number of hydrogen-bond acceptors (Lipinski definition) is 6. The predicted molar refractivity (Wildman–Crippen MR) is 260 cm³/mol. The molecule has 9 heteroatoms. The van der Waals surface area contributed by atoms with Gasteiger partial charge in [-0.15, -0.1) is 0 Å². The predicted octanol–water partition coefficient (Wildman–Crippen LogP) is 16.2. The maximum atomic E-state index is 12.2. The van der Waals surface area contributed by atoms with Gasteiger partial charge in [-0.1, -0.05) is 246 Å². The van der Waals surface area contributed by atoms with Gasteiger partial charge in [-0.2, -0.15) is 0 Å². The van der Waals surface area contributed by atoms with Crippen molar-refractivity contribution < 1.29 is 25.9 Å². The van der Waals surface area contributed by atoms with E-state index < -0.39 is 20.2 Å². The van der Waals surface area contributed by atoms with Crippen molar-refractivity contribution >= 4 is 58.0 Å². The van der Waals surface area contributed by atoms with Gasteiger partial charge in [-0.05, 0) is 71.6 Å². The Labute approximate surface area is 407 Å². The van der Waals surface area contributed by atoms with Crippen LogP contribution < -0.4 is 0 Å². The molecule has 0 aliphatic rings. The summed E-state index contributed by atoms with van der Waals surface area (Å²) in [6.07, 6.45) is 32.9. The standard InChI is InChI=1S/2C26H46O3S.Ca/c2*1-5-7-9-11-13-15-18-22(3)24-20-17-21-25(26(24)30(27,28)29)23(4)19-16-14-12-10-8-6-2;/h2*17,20-23H,5-16,18-19H2,1-4H3,(H,27,28,29);/q;;+2/p-2. The fourth-order valence-corrected chi connectivity index (χ4v) is 11.1. The molecule has 0 saturated heterocycles. The summed E-state index contributed by atoms with van der Waals surface area (Å²) in [5.41, 5.74) is 2.91. The van der Waals surface area contributed by atoms with E-state index in [9.17, 15) is 25.9 Å². The summed E-state index contributed by atoms with van der Waals surface area (Å²) in [6.45, 7) is 17.1. The molecule has 4 atom stereocenters. The molecule has 2 aromatic carbocycles. The fourth-order valence-electron chi connectivity index (χ4n) is 8.82. The third-order valence-electron chi connectivity index (χ3n) is 12.7. The second-order valence-corrected chi connectivity index (χ2v) is 20.9. The van der Waals surface area contributed by atoms with Gasteiger partial charge in [-0.3, -0.25) is 0 Å². The third kappa shape index (κ3) is 25.7. The molecular formula is C52H90CaO6S2. The topological polar surface area (TPSA) is 114 Å². The van der Waals surface area contributed by atoms with Gasteiger partial charge in [0, 0.05) is 0 Å². The molecule has 0 aromatic heterocycles. The minimum absolute atomic E-state index is 0. The Bertz CT molecular complexity index is 1410. The molecule has 0 spiro atoms. The number of hydrogen-bond donors (Lipinski definition) is 0. The molecule has 0 saturated carbocycles. The molecule has 0 fully saturated rings. The van der Waals surface area contributed by atoms with Crippen molar-refractivity contribution in [1.82, 2.24) is 0 Å². The van der Waals surface area contributed by atoms with Gasteiger partial charge < -0.3 is 9.11 Å². The SMILES string of the molecule is CCCCCCCCC(C)c1cccc(C(C)CCCCCCCC)c1S(=O)(=O)[O-].CCCCCCCCC(C)c1cccc(C(C)CCCCCCCC)c1S(=O)(=O)[O-].[Ca+2]. The van der Waals surface area contributed by atoms with Crippen LogP contribution in [-0.4, -0.2) is 63.7 Å². The van der Waals surface area contributed by atoms with Crippen molar-refractivity contribution in [2.45, 2.75) is 269 Å². The minimum atomic E-state index is -4.49. The van der Waals surface area contributed by atoms with Crippen molar-refractivity contribution in [3.05, 3.63) is 58.7 Å². The Morgan fingerprint density at radius 3 is 0.721 bits per heavy atom. The number of unbranched alkanes of at least 4 members (excludes halogenated alkanes) is 20. The molecular weight excluding hydrogens is 825 g/mol. The Morgan fingerprint density at radius 2 is 0.541 bits per heavy atom. The molecule has 0 bridgehead atoms. The van der Waals surface area contributed by atoms with Crippen LogP contribution in [0.5, 0.6) is 0 Å². The Kier molecular flexibility index (Phi) is 35.5. The van der Waals surface area contributed by atoms with Crippen molar-refractivity contribution in [3.8, 4) is 0 Å². The normalized spacial score (nSPS) is 13.8. The first-order valence-corrected chi connectivity index (χ1v) is 27.6. The van der Waals surface area contributed by atoms with Crippen LogP contribution in [0.2, 0.25) is 0 Å². The summed E-state index contributed by atoms with van der Waals surface area (Å²) in [5.74, 6) is 0.374. The fraction of sp³-hybridized carbons (Fsp3) is 0.769. The van der Waals surface area contributed by atoms with Crippen molar-refractivity contribution in [1.29, 1.82) is 0 Å². The summed E-state index contributed by atoms with van der Waals surface area (Å²) < 4.78 is 73.3. The second kappa shape index (κ2) is 35.7. The van der Waals surface area contributed by atoms with Crippen LogP contribution in [0.3, 0.4) is 0 Å². The molecule has 2 rings (SSSR count). The van der Waals surface area contributed by atoms with Crippen LogP contribution in [0.25, 0.3) is 0 Å². The van der Waals surface area contributed by atoms with Crippen molar-refractivity contribution in [2.75, 3.05) is 0 Å². The molecule has 0 aliphatic carbocycles. The zero-order chi connectivity index (χ0) is 44.8. The van der Waals surface area contributed by atoms with Gasteiger partial charge in [0.05, 0.1) is 9.79 Å². The van der Waals surface area contributed by atoms with Crippen LogP contribution in [-0.2, 0) is 20.2 Å². The van der Waals surface area contributed by atoms with Gasteiger partial charge in [0.15, 0.2) is 0 Å². The smallest absolute Gasteiger partial charge is 0.744 e. The van der Waals surface area contributed by atoms with E-state index in [0.29, 0.717) is 0 Å². The average Bonchev–Trinajstić information content (AvgIpc) is 3.21. The Morgan fingerprint density at radius 1 is 0.361 bits per heavy atom. The first kappa shape index (κ1) is 60.5. The van der Waals surface area contributed by atoms with E-state index >= 15 is 0 Å². The van der Waals surface area contributed by atoms with E-state index in [1.54, 1.807) is 0 Å². The molecule has 0 amide bonds. The van der Waals surface area contributed by atoms with Gasteiger partial charge in [0.25, 0.3) is 0 Å². The molecule has 0 aliphatic heterocycles. The van der Waals surface area contributed by atoms with Crippen molar-refractivity contribution in [3.63, 3.8) is 0 Å². The molecule has 4 unspecified atom stereocenters. The molecule has 0 heterocycles. The second-order valence-electron chi connectivity index (χ2n) is 18.3. The van der Waals surface area contributed by atoms with Crippen LogP contribution >= 0.6 is 0 Å². The molecule has 61 heavy (non-hydrogen) atoms.